The van der Waals surface area contributed by atoms with E-state index >= 15 is 0 Å². The number of hydrogen-bond acceptors (Lipinski definition) is 4. The Kier molecular flexibility index (Phi) is 2.62. The van der Waals surface area contributed by atoms with Gasteiger partial charge in [0.2, 0.25) is 5.79 Å². The third-order valence-electron chi connectivity index (χ3n) is 1.36. The summed E-state index contributed by atoms with van der Waals surface area (Å²) in [4.78, 5) is 0. The number of hydrogen-bond donors (Lipinski definition) is 2. The molecule has 4 heteroatoms. The summed E-state index contributed by atoms with van der Waals surface area (Å²) in [5, 5.41) is 17.9. The molecule has 1 aliphatic heterocycles. The van der Waals surface area contributed by atoms with Gasteiger partial charge in [0.25, 0.3) is 0 Å². The zero-order valence-electron chi connectivity index (χ0n) is 6.19. The van der Waals surface area contributed by atoms with Crippen LogP contribution < -0.4 is 0 Å². The lowest BCUT2D eigenvalue weighted by Gasteiger charge is -2.31. The molecule has 0 amide bonds. The topological polar surface area (TPSA) is 58.9 Å². The van der Waals surface area contributed by atoms with Crippen molar-refractivity contribution in [1.82, 2.24) is 0 Å². The van der Waals surface area contributed by atoms with Gasteiger partial charge in [0.1, 0.15) is 13.2 Å². The highest BCUT2D eigenvalue weighted by Crippen LogP contribution is 2.14. The standard InChI is InChI=1S/C7H12O4/c1-2-3-6-10-4-7(8,9)5-11-6/h2,6,8-9H,1,3-5H2. The molecule has 1 fully saturated rings. The van der Waals surface area contributed by atoms with Crippen molar-refractivity contribution in [3.8, 4) is 0 Å². The number of aliphatic hydroxyl groups is 2. The van der Waals surface area contributed by atoms with Crippen LogP contribution in [0, 0.1) is 0 Å². The fourth-order valence-corrected chi connectivity index (χ4v) is 0.815. The zero-order valence-corrected chi connectivity index (χ0v) is 6.19. The molecule has 2 N–H and O–H groups in total. The second kappa shape index (κ2) is 3.32. The third kappa shape index (κ3) is 2.59. The van der Waals surface area contributed by atoms with Crippen molar-refractivity contribution in [3.05, 3.63) is 12.7 Å². The Morgan fingerprint density at radius 3 is 2.45 bits per heavy atom. The largest absolute Gasteiger partial charge is 0.362 e. The van der Waals surface area contributed by atoms with E-state index in [-0.39, 0.29) is 19.5 Å². The molecule has 0 aromatic rings. The summed E-state index contributed by atoms with van der Waals surface area (Å²) in [6, 6.07) is 0. The van der Waals surface area contributed by atoms with Crippen LogP contribution in [-0.2, 0) is 9.47 Å². The van der Waals surface area contributed by atoms with Crippen LogP contribution in [0.5, 0.6) is 0 Å². The molecule has 4 nitrogen and oxygen atoms in total. The van der Waals surface area contributed by atoms with Gasteiger partial charge in [-0.25, -0.2) is 0 Å². The summed E-state index contributed by atoms with van der Waals surface area (Å²) in [7, 11) is 0. The van der Waals surface area contributed by atoms with Crippen LogP contribution in [0.2, 0.25) is 0 Å². The van der Waals surface area contributed by atoms with Gasteiger partial charge in [-0.05, 0) is 0 Å². The SMILES string of the molecule is C=CCC1OCC(O)(O)CO1. The first kappa shape index (κ1) is 8.67. The van der Waals surface area contributed by atoms with E-state index in [1.54, 1.807) is 6.08 Å². The molecular weight excluding hydrogens is 148 g/mol. The predicted octanol–water partition coefficient (Wildman–Crippen LogP) is -0.384. The number of rotatable bonds is 2. The van der Waals surface area contributed by atoms with Gasteiger partial charge in [-0.1, -0.05) is 6.08 Å². The van der Waals surface area contributed by atoms with E-state index in [2.05, 4.69) is 6.58 Å². The first-order valence-corrected chi connectivity index (χ1v) is 3.43. The fraction of sp³-hybridized carbons (Fsp3) is 0.714. The van der Waals surface area contributed by atoms with Crippen LogP contribution in [0.3, 0.4) is 0 Å². The average molecular weight is 160 g/mol. The van der Waals surface area contributed by atoms with E-state index in [0.717, 1.165) is 0 Å². The molecule has 1 heterocycles. The molecule has 0 radical (unpaired) electrons. The van der Waals surface area contributed by atoms with E-state index in [0.29, 0.717) is 6.42 Å². The molecule has 0 unspecified atom stereocenters. The Balaban J connectivity index is 2.30. The van der Waals surface area contributed by atoms with Crippen LogP contribution in [0.25, 0.3) is 0 Å². The molecule has 64 valence electrons. The predicted molar refractivity (Wildman–Crippen MR) is 37.7 cm³/mol. The quantitative estimate of drug-likeness (QED) is 0.427. The molecule has 0 aliphatic carbocycles. The van der Waals surface area contributed by atoms with Gasteiger partial charge >= 0.3 is 0 Å². The Hall–Kier alpha value is -0.420. The van der Waals surface area contributed by atoms with Gasteiger partial charge in [-0.15, -0.1) is 6.58 Å². The molecule has 1 saturated heterocycles. The third-order valence-corrected chi connectivity index (χ3v) is 1.36. The van der Waals surface area contributed by atoms with Crippen LogP contribution >= 0.6 is 0 Å². The normalized spacial score (nSPS) is 24.9. The summed E-state index contributed by atoms with van der Waals surface area (Å²) >= 11 is 0. The van der Waals surface area contributed by atoms with Crippen molar-refractivity contribution >= 4 is 0 Å². The van der Waals surface area contributed by atoms with Crippen LogP contribution in [0.1, 0.15) is 6.42 Å². The Bertz CT molecular complexity index is 133. The van der Waals surface area contributed by atoms with E-state index in [9.17, 15) is 0 Å². The Morgan fingerprint density at radius 2 is 2.00 bits per heavy atom. The van der Waals surface area contributed by atoms with E-state index in [1.807, 2.05) is 0 Å². The molecule has 0 aromatic heterocycles. The maximum atomic E-state index is 8.94. The molecular formula is C7H12O4. The maximum absolute atomic E-state index is 8.94. The summed E-state index contributed by atoms with van der Waals surface area (Å²) in [5.41, 5.74) is 0. The maximum Gasteiger partial charge on any atom is 0.211 e. The lowest BCUT2D eigenvalue weighted by Crippen LogP contribution is -2.47. The minimum Gasteiger partial charge on any atom is -0.362 e. The highest BCUT2D eigenvalue weighted by molar-refractivity contribution is 4.73. The van der Waals surface area contributed by atoms with Gasteiger partial charge in [0.15, 0.2) is 6.29 Å². The second-order valence-electron chi connectivity index (χ2n) is 2.56. The molecule has 1 rings (SSSR count). The molecule has 11 heavy (non-hydrogen) atoms. The van der Waals surface area contributed by atoms with Gasteiger partial charge < -0.3 is 19.7 Å². The number of ether oxygens (including phenoxy) is 2. The highest BCUT2D eigenvalue weighted by atomic mass is 16.7. The second-order valence-corrected chi connectivity index (χ2v) is 2.56. The van der Waals surface area contributed by atoms with Crippen LogP contribution in [0.4, 0.5) is 0 Å². The minimum absolute atomic E-state index is 0.106. The zero-order chi connectivity index (χ0) is 8.32. The highest BCUT2D eigenvalue weighted by Gasteiger charge is 2.31. The lowest BCUT2D eigenvalue weighted by atomic mass is 10.3. The van der Waals surface area contributed by atoms with E-state index in [1.165, 1.54) is 0 Å². The summed E-state index contributed by atoms with van der Waals surface area (Å²) < 4.78 is 9.88. The monoisotopic (exact) mass is 160 g/mol. The average Bonchev–Trinajstić information content (AvgIpc) is 1.94. The van der Waals surface area contributed by atoms with E-state index in [4.69, 9.17) is 19.7 Å². The molecule has 1 aliphatic rings. The van der Waals surface area contributed by atoms with Crippen molar-refractivity contribution in [1.29, 1.82) is 0 Å². The van der Waals surface area contributed by atoms with Crippen LogP contribution in [-0.4, -0.2) is 35.5 Å². The van der Waals surface area contributed by atoms with Gasteiger partial charge in [-0.2, -0.15) is 0 Å². The molecule has 0 saturated carbocycles. The van der Waals surface area contributed by atoms with Crippen molar-refractivity contribution in [2.75, 3.05) is 13.2 Å². The summed E-state index contributed by atoms with van der Waals surface area (Å²) in [6.45, 7) is 3.29. The summed E-state index contributed by atoms with van der Waals surface area (Å²) in [6.07, 6.45) is 1.85. The first-order valence-electron chi connectivity index (χ1n) is 3.43. The smallest absolute Gasteiger partial charge is 0.211 e. The van der Waals surface area contributed by atoms with E-state index < -0.39 is 5.79 Å². The van der Waals surface area contributed by atoms with Crippen molar-refractivity contribution < 1.29 is 19.7 Å². The minimum atomic E-state index is -1.82. The summed E-state index contributed by atoms with van der Waals surface area (Å²) in [5.74, 6) is -1.82. The Morgan fingerprint density at radius 1 is 1.45 bits per heavy atom. The van der Waals surface area contributed by atoms with Crippen LogP contribution in [0.15, 0.2) is 12.7 Å². The van der Waals surface area contributed by atoms with Gasteiger partial charge in [0.05, 0.1) is 0 Å². The molecule has 0 bridgehead atoms. The Labute approximate surface area is 65.0 Å². The fourth-order valence-electron chi connectivity index (χ4n) is 0.815. The van der Waals surface area contributed by atoms with Gasteiger partial charge in [0, 0.05) is 6.42 Å². The first-order chi connectivity index (χ1) is 5.14. The molecule has 0 atom stereocenters. The van der Waals surface area contributed by atoms with Crippen molar-refractivity contribution in [2.24, 2.45) is 0 Å². The molecule has 0 spiro atoms. The molecule has 0 aromatic carbocycles. The van der Waals surface area contributed by atoms with Gasteiger partial charge in [-0.3, -0.25) is 0 Å². The van der Waals surface area contributed by atoms with Crippen molar-refractivity contribution in [3.63, 3.8) is 0 Å². The van der Waals surface area contributed by atoms with Crippen molar-refractivity contribution in [2.45, 2.75) is 18.5 Å². The lowest BCUT2D eigenvalue weighted by molar-refractivity contribution is -0.318.